The van der Waals surface area contributed by atoms with Crippen molar-refractivity contribution >= 4 is 46.2 Å². The molecule has 1 aliphatic rings. The van der Waals surface area contributed by atoms with Crippen LogP contribution in [-0.2, 0) is 11.3 Å². The number of thioether (sulfide) groups is 1. The molecular weight excluding hydrogens is 343 g/mol. The molecule has 0 aliphatic carbocycles. The molecule has 0 unspecified atom stereocenters. The van der Waals surface area contributed by atoms with Crippen LogP contribution < -0.4 is 0 Å². The number of benzene rings is 1. The van der Waals surface area contributed by atoms with Crippen molar-refractivity contribution in [2.24, 2.45) is 4.99 Å². The average molecular weight is 361 g/mol. The number of rotatable bonds is 2. The third kappa shape index (κ3) is 4.54. The predicted octanol–water partition coefficient (Wildman–Crippen LogP) is 4.83. The summed E-state index contributed by atoms with van der Waals surface area (Å²) in [6.45, 7) is 6.51. The second-order valence-corrected chi connectivity index (χ2v) is 7.64. The molecule has 1 aromatic rings. The van der Waals surface area contributed by atoms with Gasteiger partial charge in [0.25, 0.3) is 0 Å². The molecule has 0 spiro atoms. The number of halogens is 2. The van der Waals surface area contributed by atoms with E-state index in [0.29, 0.717) is 28.3 Å². The van der Waals surface area contributed by atoms with Crippen molar-refractivity contribution in [2.75, 3.05) is 12.3 Å². The molecule has 1 aromatic carbocycles. The molecule has 1 fully saturated rings. The summed E-state index contributed by atoms with van der Waals surface area (Å²) in [4.78, 5) is 18.2. The van der Waals surface area contributed by atoms with Gasteiger partial charge in [-0.15, -0.1) is 0 Å². The molecule has 1 amide bonds. The summed E-state index contributed by atoms with van der Waals surface area (Å²) in [5, 5.41) is 1.66. The molecular formula is C15H18Cl2N2O2S. The Labute approximate surface area is 144 Å². The van der Waals surface area contributed by atoms with Gasteiger partial charge in [-0.2, -0.15) is 0 Å². The highest BCUT2D eigenvalue weighted by molar-refractivity contribution is 8.14. The summed E-state index contributed by atoms with van der Waals surface area (Å²) >= 11 is 13.7. The highest BCUT2D eigenvalue weighted by Crippen LogP contribution is 2.27. The van der Waals surface area contributed by atoms with E-state index in [2.05, 4.69) is 4.99 Å². The maximum atomic E-state index is 12.2. The topological polar surface area (TPSA) is 41.9 Å². The quantitative estimate of drug-likeness (QED) is 0.757. The minimum absolute atomic E-state index is 0.367. The Hall–Kier alpha value is -0.910. The summed E-state index contributed by atoms with van der Waals surface area (Å²) in [7, 11) is 0. The first kappa shape index (κ1) is 17.4. The van der Waals surface area contributed by atoms with E-state index >= 15 is 0 Å². The van der Waals surface area contributed by atoms with Gasteiger partial charge in [0.15, 0.2) is 5.17 Å². The first-order valence-corrected chi connectivity index (χ1v) is 8.63. The summed E-state index contributed by atoms with van der Waals surface area (Å²) in [5.74, 6) is 0.807. The van der Waals surface area contributed by atoms with Crippen LogP contribution >= 0.6 is 35.0 Å². The number of amidine groups is 1. The molecule has 120 valence electrons. The van der Waals surface area contributed by atoms with Gasteiger partial charge in [-0.3, -0.25) is 9.89 Å². The van der Waals surface area contributed by atoms with Crippen molar-refractivity contribution in [2.45, 2.75) is 32.9 Å². The van der Waals surface area contributed by atoms with Crippen LogP contribution in [0, 0.1) is 0 Å². The summed E-state index contributed by atoms with van der Waals surface area (Å²) < 4.78 is 5.39. The van der Waals surface area contributed by atoms with Crippen LogP contribution in [0.4, 0.5) is 4.79 Å². The molecule has 0 saturated carbocycles. The zero-order valence-electron chi connectivity index (χ0n) is 12.7. The summed E-state index contributed by atoms with van der Waals surface area (Å²) in [6.07, 6.45) is -0.367. The van der Waals surface area contributed by atoms with E-state index in [1.807, 2.05) is 32.9 Å². The van der Waals surface area contributed by atoms with Gasteiger partial charge in [0.2, 0.25) is 0 Å². The van der Waals surface area contributed by atoms with Crippen molar-refractivity contribution < 1.29 is 9.53 Å². The van der Waals surface area contributed by atoms with E-state index in [9.17, 15) is 4.79 Å². The summed E-state index contributed by atoms with van der Waals surface area (Å²) in [5.41, 5.74) is 0.310. The lowest BCUT2D eigenvalue weighted by atomic mass is 10.2. The van der Waals surface area contributed by atoms with E-state index in [4.69, 9.17) is 27.9 Å². The number of carbonyl (C=O) groups excluding carboxylic acids is 1. The Balaban J connectivity index is 2.10. The molecule has 1 saturated heterocycles. The number of hydrogen-bond donors (Lipinski definition) is 0. The van der Waals surface area contributed by atoms with Crippen molar-refractivity contribution in [1.82, 2.24) is 4.90 Å². The molecule has 7 heteroatoms. The number of hydrogen-bond acceptors (Lipinski definition) is 4. The Morgan fingerprint density at radius 2 is 2.14 bits per heavy atom. The first-order valence-electron chi connectivity index (χ1n) is 6.88. The van der Waals surface area contributed by atoms with Gasteiger partial charge in [-0.25, -0.2) is 4.79 Å². The average Bonchev–Trinajstić information content (AvgIpc) is 2.87. The van der Waals surface area contributed by atoms with Gasteiger partial charge in [-0.1, -0.05) is 47.1 Å². The highest BCUT2D eigenvalue weighted by Gasteiger charge is 2.29. The number of carbonyl (C=O) groups is 1. The van der Waals surface area contributed by atoms with Gasteiger partial charge < -0.3 is 4.74 Å². The number of amides is 1. The fourth-order valence-corrected chi connectivity index (χ4v) is 3.16. The maximum Gasteiger partial charge on any atom is 0.416 e. The lowest BCUT2D eigenvalue weighted by Crippen LogP contribution is -2.37. The second kappa shape index (κ2) is 7.11. The zero-order valence-corrected chi connectivity index (χ0v) is 15.1. The fourth-order valence-electron chi connectivity index (χ4n) is 1.84. The van der Waals surface area contributed by atoms with Crippen LogP contribution in [0.25, 0.3) is 0 Å². The van der Waals surface area contributed by atoms with Gasteiger partial charge in [0, 0.05) is 12.3 Å². The van der Waals surface area contributed by atoms with Crippen molar-refractivity contribution in [3.8, 4) is 0 Å². The van der Waals surface area contributed by atoms with Crippen LogP contribution in [-0.4, -0.2) is 34.1 Å². The van der Waals surface area contributed by atoms with E-state index < -0.39 is 5.60 Å². The highest BCUT2D eigenvalue weighted by atomic mass is 35.5. The standard InChI is InChI=1S/C15H18Cl2N2O2S/c1-15(2,3)21-14(20)19-7-8-22-13(19)18-9-10-5-4-6-11(16)12(10)17/h4-6H,7-9H2,1-3H3/b18-13-. The molecule has 2 rings (SSSR count). The van der Waals surface area contributed by atoms with Crippen LogP contribution in [0.15, 0.2) is 23.2 Å². The minimum Gasteiger partial charge on any atom is -0.443 e. The number of aliphatic imine (C=N–C) groups is 1. The van der Waals surface area contributed by atoms with Gasteiger partial charge in [-0.05, 0) is 32.4 Å². The van der Waals surface area contributed by atoms with Crippen LogP contribution in [0.1, 0.15) is 26.3 Å². The maximum absolute atomic E-state index is 12.2. The molecule has 0 aromatic heterocycles. The molecule has 0 radical (unpaired) electrons. The largest absolute Gasteiger partial charge is 0.443 e. The van der Waals surface area contributed by atoms with Crippen LogP contribution in [0.2, 0.25) is 10.0 Å². The molecule has 22 heavy (non-hydrogen) atoms. The smallest absolute Gasteiger partial charge is 0.416 e. The first-order chi connectivity index (χ1) is 10.3. The lowest BCUT2D eigenvalue weighted by molar-refractivity contribution is 0.0386. The zero-order chi connectivity index (χ0) is 16.3. The Kier molecular flexibility index (Phi) is 5.64. The molecule has 0 N–H and O–H groups in total. The van der Waals surface area contributed by atoms with Crippen molar-refractivity contribution in [1.29, 1.82) is 0 Å². The third-order valence-electron chi connectivity index (χ3n) is 2.81. The van der Waals surface area contributed by atoms with Crippen molar-refractivity contribution in [3.05, 3.63) is 33.8 Å². The Morgan fingerprint density at radius 3 is 2.82 bits per heavy atom. The van der Waals surface area contributed by atoms with Crippen LogP contribution in [0.5, 0.6) is 0 Å². The van der Waals surface area contributed by atoms with E-state index in [0.717, 1.165) is 11.3 Å². The number of ether oxygens (including phenoxy) is 1. The fraction of sp³-hybridized carbons (Fsp3) is 0.467. The van der Waals surface area contributed by atoms with E-state index in [1.165, 1.54) is 11.8 Å². The van der Waals surface area contributed by atoms with E-state index in [1.54, 1.807) is 11.0 Å². The molecule has 1 heterocycles. The van der Waals surface area contributed by atoms with Gasteiger partial charge >= 0.3 is 6.09 Å². The third-order valence-corrected chi connectivity index (χ3v) is 4.66. The molecule has 0 bridgehead atoms. The minimum atomic E-state index is -0.522. The second-order valence-electron chi connectivity index (χ2n) is 5.79. The summed E-state index contributed by atoms with van der Waals surface area (Å²) in [6, 6.07) is 5.44. The van der Waals surface area contributed by atoms with Gasteiger partial charge in [0.1, 0.15) is 5.60 Å². The Morgan fingerprint density at radius 1 is 1.41 bits per heavy atom. The van der Waals surface area contributed by atoms with Gasteiger partial charge in [0.05, 0.1) is 16.6 Å². The Bertz CT molecular complexity index is 600. The number of nitrogens with zero attached hydrogens (tertiary/aromatic N) is 2. The SMILES string of the molecule is CC(C)(C)OC(=O)N1CCS/C1=N\Cc1cccc(Cl)c1Cl. The molecule has 0 atom stereocenters. The van der Waals surface area contributed by atoms with Crippen LogP contribution in [0.3, 0.4) is 0 Å². The van der Waals surface area contributed by atoms with Crippen molar-refractivity contribution in [3.63, 3.8) is 0 Å². The lowest BCUT2D eigenvalue weighted by Gasteiger charge is -2.24. The molecule has 1 aliphatic heterocycles. The predicted molar refractivity (Wildman–Crippen MR) is 93.0 cm³/mol. The van der Waals surface area contributed by atoms with E-state index in [-0.39, 0.29) is 6.09 Å². The monoisotopic (exact) mass is 360 g/mol. The normalized spacial score (nSPS) is 17.1. The molecule has 4 nitrogen and oxygen atoms in total.